The van der Waals surface area contributed by atoms with E-state index in [0.29, 0.717) is 16.7 Å². The molecular formula is C22H21N5O6S. The van der Waals surface area contributed by atoms with Crippen LogP contribution in [0.1, 0.15) is 12.7 Å². The van der Waals surface area contributed by atoms with Crippen molar-refractivity contribution < 1.29 is 27.9 Å². The molecule has 0 atom stereocenters. The van der Waals surface area contributed by atoms with Gasteiger partial charge in [-0.25, -0.2) is 13.4 Å². The van der Waals surface area contributed by atoms with E-state index in [9.17, 15) is 28.4 Å². The predicted molar refractivity (Wildman–Crippen MR) is 123 cm³/mol. The summed E-state index contributed by atoms with van der Waals surface area (Å²) in [5, 5.41) is 22.2. The maximum Gasteiger partial charge on any atom is 0.321 e. The highest BCUT2D eigenvalue weighted by Gasteiger charge is 2.24. The van der Waals surface area contributed by atoms with Crippen molar-refractivity contribution in [1.29, 1.82) is 5.26 Å². The Morgan fingerprint density at radius 1 is 1.21 bits per heavy atom. The van der Waals surface area contributed by atoms with E-state index in [0.717, 1.165) is 4.31 Å². The zero-order chi connectivity index (χ0) is 24.9. The summed E-state index contributed by atoms with van der Waals surface area (Å²) in [4.78, 5) is 30.3. The van der Waals surface area contributed by atoms with E-state index in [1.165, 1.54) is 38.2 Å². The molecule has 3 N–H and O–H groups in total. The maximum absolute atomic E-state index is 12.7. The molecule has 0 saturated heterocycles. The first-order chi connectivity index (χ1) is 16.1. The van der Waals surface area contributed by atoms with Crippen LogP contribution in [0.3, 0.4) is 0 Å². The van der Waals surface area contributed by atoms with Gasteiger partial charge in [-0.15, -0.1) is 0 Å². The Hall–Kier alpha value is -4.21. The molecule has 12 heteroatoms. The normalized spacial score (nSPS) is 12.2. The highest BCUT2D eigenvalue weighted by molar-refractivity contribution is 7.89. The summed E-state index contributed by atoms with van der Waals surface area (Å²) in [6.45, 7) is 0.0565. The van der Waals surface area contributed by atoms with Gasteiger partial charge in [0, 0.05) is 19.7 Å². The third kappa shape index (κ3) is 5.58. The van der Waals surface area contributed by atoms with Crippen molar-refractivity contribution in [1.82, 2.24) is 14.3 Å². The number of para-hydroxylation sites is 2. The number of nitrogens with one attached hydrogen (secondary N) is 2. The topological polar surface area (TPSA) is 165 Å². The van der Waals surface area contributed by atoms with Crippen LogP contribution in [0.4, 0.5) is 5.69 Å². The number of esters is 1. The van der Waals surface area contributed by atoms with Crippen LogP contribution in [0.25, 0.3) is 16.6 Å². The number of sulfonamides is 1. The molecule has 1 amide bonds. The number of aliphatic hydroxyl groups excluding tert-OH is 1. The van der Waals surface area contributed by atoms with E-state index in [-0.39, 0.29) is 22.2 Å². The first-order valence-electron chi connectivity index (χ1n) is 9.88. The minimum atomic E-state index is -4.02. The molecule has 1 heterocycles. The summed E-state index contributed by atoms with van der Waals surface area (Å²) in [6, 6.07) is 14.3. The second-order valence-electron chi connectivity index (χ2n) is 7.16. The van der Waals surface area contributed by atoms with Crippen LogP contribution in [-0.4, -0.2) is 59.9 Å². The number of nitrogens with zero attached hydrogens (tertiary/aromatic N) is 3. The third-order valence-electron chi connectivity index (χ3n) is 4.63. The number of benzene rings is 2. The molecule has 0 bridgehead atoms. The minimum absolute atomic E-state index is 0.0868. The lowest BCUT2D eigenvalue weighted by molar-refractivity contribution is -0.143. The van der Waals surface area contributed by atoms with Gasteiger partial charge in [-0.05, 0) is 36.4 Å². The van der Waals surface area contributed by atoms with Gasteiger partial charge in [0.2, 0.25) is 15.9 Å². The molecule has 2 aromatic carbocycles. The number of allylic oxidation sites excluding steroid dienone is 1. The number of anilines is 1. The largest absolute Gasteiger partial charge is 0.507 e. The third-order valence-corrected chi connectivity index (χ3v) is 6.45. The van der Waals surface area contributed by atoms with Crippen LogP contribution < -0.4 is 5.32 Å². The molecule has 11 nitrogen and oxygen atoms in total. The van der Waals surface area contributed by atoms with Gasteiger partial charge >= 0.3 is 5.97 Å². The first kappa shape index (κ1) is 24.4. The summed E-state index contributed by atoms with van der Waals surface area (Å²) in [6.07, 6.45) is 0. The Kier molecular flexibility index (Phi) is 7.30. The Balaban J connectivity index is 1.64. The Labute approximate surface area is 195 Å². The van der Waals surface area contributed by atoms with Crippen molar-refractivity contribution in [3.63, 3.8) is 0 Å². The number of aromatic amines is 1. The van der Waals surface area contributed by atoms with E-state index < -0.39 is 34.9 Å². The maximum atomic E-state index is 12.7. The van der Waals surface area contributed by atoms with Crippen molar-refractivity contribution in [2.45, 2.75) is 11.8 Å². The summed E-state index contributed by atoms with van der Waals surface area (Å²) in [7, 11) is -2.82. The number of amides is 1. The van der Waals surface area contributed by atoms with Crippen LogP contribution >= 0.6 is 0 Å². The monoisotopic (exact) mass is 483 g/mol. The standard InChI is InChI=1S/C22H21N5O6S/c1-14(28)24-15-7-9-16(10-8-15)34(31,32)27(2)12-21(30)33-13-20(29)17(11-23)22-25-18-5-3-4-6-19(18)26-22/h3-10,29H,12-13H2,1-2H3,(H,24,28)(H,25,26). The SMILES string of the molecule is CC(=O)Nc1ccc(S(=O)(=O)N(C)CC(=O)OCC(O)=C(C#N)c2nc3ccccc3[nH]2)cc1. The molecular weight excluding hydrogens is 462 g/mol. The molecule has 0 saturated carbocycles. The molecule has 1 aromatic heterocycles. The fraction of sp³-hybridized carbons (Fsp3) is 0.182. The van der Waals surface area contributed by atoms with Crippen molar-refractivity contribution in [3.05, 3.63) is 60.1 Å². The molecule has 0 spiro atoms. The van der Waals surface area contributed by atoms with E-state index >= 15 is 0 Å². The quantitative estimate of drug-likeness (QED) is 0.249. The van der Waals surface area contributed by atoms with Crippen LogP contribution in [-0.2, 0) is 24.3 Å². The van der Waals surface area contributed by atoms with E-state index in [1.807, 2.05) is 6.07 Å². The predicted octanol–water partition coefficient (Wildman–Crippen LogP) is 2.18. The number of nitriles is 1. The number of likely N-dealkylation sites (N-methyl/N-ethyl adjacent to an activating group) is 1. The Morgan fingerprint density at radius 2 is 1.88 bits per heavy atom. The lowest BCUT2D eigenvalue weighted by Gasteiger charge is -2.16. The number of hydrogen-bond acceptors (Lipinski definition) is 8. The minimum Gasteiger partial charge on any atom is -0.507 e. The van der Waals surface area contributed by atoms with Crippen LogP contribution in [0.2, 0.25) is 0 Å². The van der Waals surface area contributed by atoms with Gasteiger partial charge in [0.05, 0.1) is 15.9 Å². The van der Waals surface area contributed by atoms with Crippen molar-refractivity contribution in [3.8, 4) is 6.07 Å². The smallest absolute Gasteiger partial charge is 0.321 e. The van der Waals surface area contributed by atoms with Gasteiger partial charge in [0.25, 0.3) is 0 Å². The molecule has 34 heavy (non-hydrogen) atoms. The van der Waals surface area contributed by atoms with Crippen molar-refractivity contribution in [2.24, 2.45) is 0 Å². The van der Waals surface area contributed by atoms with Crippen LogP contribution in [0.5, 0.6) is 0 Å². The second-order valence-corrected chi connectivity index (χ2v) is 9.21. The van der Waals surface area contributed by atoms with E-state index in [1.54, 1.807) is 24.3 Å². The van der Waals surface area contributed by atoms with E-state index in [2.05, 4.69) is 15.3 Å². The number of aromatic nitrogens is 2. The number of hydrogen-bond donors (Lipinski definition) is 3. The average Bonchev–Trinajstić information content (AvgIpc) is 3.21. The number of imidazole rings is 1. The van der Waals surface area contributed by atoms with Gasteiger partial charge in [-0.3, -0.25) is 9.59 Å². The first-order valence-corrected chi connectivity index (χ1v) is 11.3. The second kappa shape index (κ2) is 10.2. The summed E-state index contributed by atoms with van der Waals surface area (Å²) < 4.78 is 31.1. The Morgan fingerprint density at radius 3 is 2.50 bits per heavy atom. The molecule has 0 fully saturated rings. The number of carbonyl (C=O) groups is 2. The number of ether oxygens (including phenoxy) is 1. The summed E-state index contributed by atoms with van der Waals surface area (Å²) >= 11 is 0. The van der Waals surface area contributed by atoms with Crippen LogP contribution in [0.15, 0.2) is 59.2 Å². The number of aliphatic hydroxyl groups is 1. The van der Waals surface area contributed by atoms with Crippen molar-refractivity contribution in [2.75, 3.05) is 25.5 Å². The lowest BCUT2D eigenvalue weighted by Crippen LogP contribution is -2.33. The lowest BCUT2D eigenvalue weighted by atomic mass is 10.2. The molecule has 176 valence electrons. The zero-order valence-corrected chi connectivity index (χ0v) is 19.1. The highest BCUT2D eigenvalue weighted by Crippen LogP contribution is 2.20. The zero-order valence-electron chi connectivity index (χ0n) is 18.3. The molecule has 0 aliphatic rings. The fourth-order valence-electron chi connectivity index (χ4n) is 2.95. The molecule has 0 unspecified atom stereocenters. The molecule has 0 radical (unpaired) electrons. The van der Waals surface area contributed by atoms with Crippen molar-refractivity contribution >= 4 is 44.2 Å². The van der Waals surface area contributed by atoms with Gasteiger partial charge in [0.1, 0.15) is 24.8 Å². The van der Waals surface area contributed by atoms with Gasteiger partial charge < -0.3 is 20.1 Å². The molecule has 0 aliphatic heterocycles. The highest BCUT2D eigenvalue weighted by atomic mass is 32.2. The Bertz CT molecular complexity index is 1370. The van der Waals surface area contributed by atoms with Gasteiger partial charge in [-0.1, -0.05) is 12.1 Å². The van der Waals surface area contributed by atoms with Crippen LogP contribution in [0, 0.1) is 11.3 Å². The van der Waals surface area contributed by atoms with E-state index in [4.69, 9.17) is 4.74 Å². The summed E-state index contributed by atoms with van der Waals surface area (Å²) in [5.41, 5.74) is 1.47. The molecule has 3 aromatic rings. The number of H-pyrrole nitrogens is 1. The number of rotatable bonds is 8. The average molecular weight is 484 g/mol. The summed E-state index contributed by atoms with van der Waals surface area (Å²) in [5.74, 6) is -1.66. The van der Waals surface area contributed by atoms with Gasteiger partial charge in [0.15, 0.2) is 11.6 Å². The molecule has 0 aliphatic carbocycles. The number of carbonyl (C=O) groups excluding carboxylic acids is 2. The van der Waals surface area contributed by atoms with Gasteiger partial charge in [-0.2, -0.15) is 9.57 Å². The molecule has 3 rings (SSSR count). The fourth-order valence-corrected chi connectivity index (χ4v) is 4.07. The number of fused-ring (bicyclic) bond motifs is 1.